The van der Waals surface area contributed by atoms with Gasteiger partial charge in [0.1, 0.15) is 6.61 Å². The van der Waals surface area contributed by atoms with Crippen LogP contribution in [-0.4, -0.2) is 61.2 Å². The molecule has 0 spiro atoms. The quantitative estimate of drug-likeness (QED) is 0.0621. The maximum absolute atomic E-state index is 14.6. The molecule has 0 aromatic heterocycles. The molecular formula is C63H74O10. The van der Waals surface area contributed by atoms with Gasteiger partial charge in [-0.3, -0.25) is 4.79 Å². The van der Waals surface area contributed by atoms with Crippen molar-refractivity contribution >= 4 is 23.9 Å². The molecule has 1 saturated heterocycles. The van der Waals surface area contributed by atoms with Crippen LogP contribution in [0.1, 0.15) is 149 Å². The summed E-state index contributed by atoms with van der Waals surface area (Å²) in [6, 6.07) is 35.9. The molecule has 4 aromatic carbocycles. The number of benzene rings is 4. The summed E-state index contributed by atoms with van der Waals surface area (Å²) in [5.41, 5.74) is 2.55. The number of hydrogen-bond donors (Lipinski definition) is 0. The third-order valence-corrected chi connectivity index (χ3v) is 19.6. The van der Waals surface area contributed by atoms with Crippen LogP contribution in [-0.2, 0) is 39.8 Å². The Labute approximate surface area is 431 Å². The highest BCUT2D eigenvalue weighted by Crippen LogP contribution is 2.76. The molecule has 10 heteroatoms. The summed E-state index contributed by atoms with van der Waals surface area (Å²) in [5.74, 6) is -1.16. The van der Waals surface area contributed by atoms with Crippen molar-refractivity contribution in [2.75, 3.05) is 6.61 Å². The largest absolute Gasteiger partial charge is 0.460 e. The fourth-order valence-corrected chi connectivity index (χ4v) is 15.4. The molecule has 12 atom stereocenters. The average Bonchev–Trinajstić information content (AvgIpc) is 3.38. The highest BCUT2D eigenvalue weighted by molar-refractivity contribution is 5.91. The minimum absolute atomic E-state index is 0.000928. The zero-order valence-corrected chi connectivity index (χ0v) is 43.8. The first-order valence-electron chi connectivity index (χ1n) is 26.9. The standard InChI is InChI=1S/C63H74O10/c1-58(2)34-36-63(57(67)69-39-41-20-12-8-13-21-41)37-35-61(6)45(46(63)38-58)28-29-49-60(5)32-31-50(59(3,4)48(60)30-33-62(49,61)7)71-56-52(73-55(66)44-26-18-11-19-27-44)51(72-54(65)43-24-16-10-17-25-43)47(40-68-56)70-53(64)42-22-14-9-15-23-42/h8-28,46-52,56H,29-40H2,1-7H3/t46-,47+,48-,49+,50-,51-,52+,56-,60-,61+,62+,63-/m0/s1. The van der Waals surface area contributed by atoms with Crippen LogP contribution in [0.5, 0.6) is 0 Å². The van der Waals surface area contributed by atoms with E-state index in [1.165, 1.54) is 5.57 Å². The van der Waals surface area contributed by atoms with Crippen molar-refractivity contribution < 1.29 is 47.6 Å². The first-order chi connectivity index (χ1) is 34.9. The lowest BCUT2D eigenvalue weighted by Crippen LogP contribution is -2.66. The fraction of sp³-hybridized carbons (Fsp3) is 0.524. The van der Waals surface area contributed by atoms with Crippen molar-refractivity contribution in [3.8, 4) is 0 Å². The van der Waals surface area contributed by atoms with Crippen LogP contribution >= 0.6 is 0 Å². The Hall–Kier alpha value is -5.58. The number of hydrogen-bond acceptors (Lipinski definition) is 10. The van der Waals surface area contributed by atoms with E-state index in [4.69, 9.17) is 28.4 Å². The summed E-state index contributed by atoms with van der Waals surface area (Å²) >= 11 is 0. The molecule has 0 amide bonds. The Balaban J connectivity index is 0.928. The van der Waals surface area contributed by atoms with Gasteiger partial charge >= 0.3 is 23.9 Å². The summed E-state index contributed by atoms with van der Waals surface area (Å²) in [7, 11) is 0. The van der Waals surface area contributed by atoms with Gasteiger partial charge in [0.15, 0.2) is 24.6 Å². The predicted molar refractivity (Wildman–Crippen MR) is 277 cm³/mol. The molecule has 0 radical (unpaired) electrons. The first-order valence-corrected chi connectivity index (χ1v) is 26.9. The topological polar surface area (TPSA) is 124 Å². The Morgan fingerprint density at radius 2 is 1.14 bits per heavy atom. The molecule has 4 aromatic rings. The molecule has 6 aliphatic rings. The van der Waals surface area contributed by atoms with Crippen molar-refractivity contribution in [1.29, 1.82) is 0 Å². The molecule has 73 heavy (non-hydrogen) atoms. The number of fused-ring (bicyclic) bond motifs is 7. The lowest BCUT2D eigenvalue weighted by atomic mass is 9.33. The number of allylic oxidation sites excluding steroid dienone is 2. The van der Waals surface area contributed by atoms with Gasteiger partial charge in [-0.25, -0.2) is 14.4 Å². The number of rotatable bonds is 11. The van der Waals surface area contributed by atoms with Gasteiger partial charge in [0.25, 0.3) is 0 Å². The van der Waals surface area contributed by atoms with E-state index < -0.39 is 47.9 Å². The summed E-state index contributed by atoms with van der Waals surface area (Å²) in [5, 5.41) is 0. The van der Waals surface area contributed by atoms with E-state index >= 15 is 0 Å². The van der Waals surface area contributed by atoms with E-state index in [2.05, 4.69) is 54.5 Å². The number of esters is 4. The van der Waals surface area contributed by atoms with Gasteiger partial charge in [-0.1, -0.05) is 145 Å². The Kier molecular flexibility index (Phi) is 13.7. The van der Waals surface area contributed by atoms with Crippen LogP contribution in [0.15, 0.2) is 133 Å². The lowest BCUT2D eigenvalue weighted by molar-refractivity contribution is -0.306. The Bertz CT molecular complexity index is 2680. The van der Waals surface area contributed by atoms with Crippen LogP contribution in [0.2, 0.25) is 0 Å². The maximum atomic E-state index is 14.6. The highest BCUT2D eigenvalue weighted by Gasteiger charge is 2.70. The van der Waals surface area contributed by atoms with Crippen molar-refractivity contribution in [3.63, 3.8) is 0 Å². The molecule has 0 bridgehead atoms. The molecular weight excluding hydrogens is 917 g/mol. The summed E-state index contributed by atoms with van der Waals surface area (Å²) in [6.45, 7) is 17.2. The molecule has 4 saturated carbocycles. The van der Waals surface area contributed by atoms with Crippen LogP contribution in [0, 0.1) is 50.2 Å². The zero-order valence-electron chi connectivity index (χ0n) is 43.8. The van der Waals surface area contributed by atoms with Crippen LogP contribution in [0.3, 0.4) is 0 Å². The van der Waals surface area contributed by atoms with E-state index in [0.29, 0.717) is 29.2 Å². The van der Waals surface area contributed by atoms with Crippen molar-refractivity contribution in [2.45, 2.75) is 150 Å². The summed E-state index contributed by atoms with van der Waals surface area (Å²) in [6.07, 6.45) is 6.70. The Morgan fingerprint density at radius 1 is 0.589 bits per heavy atom. The van der Waals surface area contributed by atoms with Crippen LogP contribution in [0.4, 0.5) is 0 Å². The van der Waals surface area contributed by atoms with Gasteiger partial charge in [0.2, 0.25) is 0 Å². The number of carbonyl (C=O) groups is 4. The number of ether oxygens (including phenoxy) is 6. The van der Waals surface area contributed by atoms with Gasteiger partial charge in [0.05, 0.1) is 34.8 Å². The highest BCUT2D eigenvalue weighted by atomic mass is 16.7. The van der Waals surface area contributed by atoms with Gasteiger partial charge in [-0.2, -0.15) is 0 Å². The molecule has 0 unspecified atom stereocenters. The second-order valence-corrected chi connectivity index (χ2v) is 24.4. The molecule has 10 rings (SSSR count). The average molecular weight is 991 g/mol. The predicted octanol–water partition coefficient (Wildman–Crippen LogP) is 12.9. The summed E-state index contributed by atoms with van der Waals surface area (Å²) in [4.78, 5) is 56.3. The lowest BCUT2D eigenvalue weighted by Gasteiger charge is -2.71. The molecule has 1 heterocycles. The summed E-state index contributed by atoms with van der Waals surface area (Å²) < 4.78 is 38.7. The molecule has 10 nitrogen and oxygen atoms in total. The van der Waals surface area contributed by atoms with Gasteiger partial charge in [0, 0.05) is 0 Å². The first kappa shape index (κ1) is 50.9. The zero-order chi connectivity index (χ0) is 51.4. The maximum Gasteiger partial charge on any atom is 0.338 e. The van der Waals surface area contributed by atoms with Crippen LogP contribution < -0.4 is 0 Å². The van der Waals surface area contributed by atoms with Crippen molar-refractivity contribution in [1.82, 2.24) is 0 Å². The minimum Gasteiger partial charge on any atom is -0.460 e. The van der Waals surface area contributed by atoms with E-state index in [1.807, 2.05) is 42.5 Å². The number of carbonyl (C=O) groups excluding carboxylic acids is 4. The van der Waals surface area contributed by atoms with E-state index in [1.54, 1.807) is 78.9 Å². The van der Waals surface area contributed by atoms with Gasteiger partial charge in [-0.15, -0.1) is 0 Å². The monoisotopic (exact) mass is 991 g/mol. The molecule has 5 aliphatic carbocycles. The normalized spacial score (nSPS) is 35.0. The van der Waals surface area contributed by atoms with Gasteiger partial charge < -0.3 is 28.4 Å². The molecule has 386 valence electrons. The van der Waals surface area contributed by atoms with Gasteiger partial charge in [-0.05, 0) is 151 Å². The molecule has 5 fully saturated rings. The molecule has 1 aliphatic heterocycles. The van der Waals surface area contributed by atoms with Crippen molar-refractivity contribution in [2.24, 2.45) is 50.2 Å². The van der Waals surface area contributed by atoms with Crippen LogP contribution in [0.25, 0.3) is 0 Å². The molecule has 0 N–H and O–H groups in total. The van der Waals surface area contributed by atoms with Crippen molar-refractivity contribution in [3.05, 3.63) is 155 Å². The minimum atomic E-state index is -1.30. The SMILES string of the molecule is CC1(C)CC[C@]2(C(=O)OCc3ccccc3)CC[C@]3(C)C(=CC[C@@H]4[C@@]5(C)CC[C@H](O[C@@H]6OC[C@@H](OC(=O)c7ccccc7)[C@H](OC(=O)c7ccccc7)[C@H]6OC(=O)c6ccccc6)C(C)(C)[C@@H]5CC[C@]43C)[C@@H]2C1. The fourth-order valence-electron chi connectivity index (χ4n) is 15.4. The van der Waals surface area contributed by atoms with E-state index in [9.17, 15) is 19.2 Å². The third kappa shape index (κ3) is 9.17. The third-order valence-electron chi connectivity index (χ3n) is 19.6. The smallest absolute Gasteiger partial charge is 0.338 e. The second-order valence-electron chi connectivity index (χ2n) is 24.4. The second kappa shape index (κ2) is 19.6. The van der Waals surface area contributed by atoms with E-state index in [0.717, 1.165) is 69.8 Å². The van der Waals surface area contributed by atoms with E-state index in [-0.39, 0.29) is 57.6 Å². The Morgan fingerprint density at radius 3 is 1.74 bits per heavy atom.